The molecule has 0 aromatic heterocycles. The predicted octanol–water partition coefficient (Wildman–Crippen LogP) is 2.73. The first-order chi connectivity index (χ1) is 16.6. The number of rotatable bonds is 11. The highest BCUT2D eigenvalue weighted by molar-refractivity contribution is 7.60. The van der Waals surface area contributed by atoms with Gasteiger partial charge in [-0.1, -0.05) is 35.9 Å². The molecule has 1 fully saturated rings. The normalized spacial score (nSPS) is 24.9. The lowest BCUT2D eigenvalue weighted by molar-refractivity contribution is -0.231. The van der Waals surface area contributed by atoms with Crippen molar-refractivity contribution in [2.45, 2.75) is 49.8 Å². The Labute approximate surface area is 211 Å². The average molecular weight is 528 g/mol. The fraction of sp³-hybridized carbons (Fsp3) is 0.520. The molecule has 5 N–H and O–H groups in total. The molecule has 0 spiro atoms. The third kappa shape index (κ3) is 8.00. The molecule has 0 aliphatic carbocycles. The summed E-state index contributed by atoms with van der Waals surface area (Å²) in [6.45, 7) is 4.22. The number of benzene rings is 2. The average Bonchev–Trinajstić information content (AvgIpc) is 2.82. The van der Waals surface area contributed by atoms with Gasteiger partial charge in [0.05, 0.1) is 13.2 Å². The molecule has 0 bridgehead atoms. The highest BCUT2D eigenvalue weighted by Crippen LogP contribution is 2.34. The van der Waals surface area contributed by atoms with E-state index in [1.165, 1.54) is 0 Å². The van der Waals surface area contributed by atoms with Crippen LogP contribution in [-0.4, -0.2) is 77.9 Å². The lowest BCUT2D eigenvalue weighted by atomic mass is 9.90. The molecule has 1 saturated heterocycles. The van der Waals surface area contributed by atoms with E-state index in [9.17, 15) is 25.0 Å². The van der Waals surface area contributed by atoms with Gasteiger partial charge in [0, 0.05) is 24.9 Å². The summed E-state index contributed by atoms with van der Waals surface area (Å²) >= 11 is 6.42. The van der Waals surface area contributed by atoms with Gasteiger partial charge in [0.2, 0.25) is 0 Å². The minimum absolute atomic E-state index is 0.479. The van der Waals surface area contributed by atoms with E-state index in [4.69, 9.17) is 21.1 Å². The van der Waals surface area contributed by atoms with Crippen molar-refractivity contribution in [1.82, 2.24) is 5.09 Å². The van der Waals surface area contributed by atoms with E-state index in [0.717, 1.165) is 29.7 Å². The zero-order valence-corrected chi connectivity index (χ0v) is 21.7. The number of hydrogen-bond acceptors (Lipinski definition) is 7. The van der Waals surface area contributed by atoms with E-state index in [0.29, 0.717) is 30.2 Å². The number of aliphatic hydroxyl groups excluding tert-OH is 4. The smallest absolute Gasteiger partial charge is 0.141 e. The van der Waals surface area contributed by atoms with Gasteiger partial charge in [-0.15, -0.1) is 0 Å². The van der Waals surface area contributed by atoms with Gasteiger partial charge in [-0.3, -0.25) is 5.09 Å². The van der Waals surface area contributed by atoms with Crippen molar-refractivity contribution < 1.29 is 34.5 Å². The van der Waals surface area contributed by atoms with Crippen molar-refractivity contribution in [3.05, 3.63) is 64.2 Å². The molecule has 1 aliphatic heterocycles. The van der Waals surface area contributed by atoms with Gasteiger partial charge in [0.1, 0.15) is 43.6 Å². The molecular weight excluding hydrogens is 493 g/mol. The first-order valence-electron chi connectivity index (χ1n) is 11.7. The molecule has 1 heterocycles. The minimum atomic E-state index is -2.19. The Morgan fingerprint density at radius 1 is 1.03 bits per heavy atom. The highest BCUT2D eigenvalue weighted by Gasteiger charge is 2.44. The van der Waals surface area contributed by atoms with Crippen LogP contribution in [0, 0.1) is 0 Å². The second kappa shape index (κ2) is 12.7. The maximum absolute atomic E-state index is 11.6. The first kappa shape index (κ1) is 28.1. The lowest BCUT2D eigenvalue weighted by Gasteiger charge is -2.40. The Kier molecular flexibility index (Phi) is 10.2. The molecule has 10 heteroatoms. The van der Waals surface area contributed by atoms with Crippen molar-refractivity contribution in [2.24, 2.45) is 0 Å². The zero-order chi connectivity index (χ0) is 25.6. The van der Waals surface area contributed by atoms with E-state index in [-0.39, 0.29) is 0 Å². The van der Waals surface area contributed by atoms with Crippen LogP contribution >= 0.6 is 18.9 Å². The Bertz CT molecular complexity index is 998. The van der Waals surface area contributed by atoms with Crippen LogP contribution in [0.3, 0.4) is 0 Å². The molecule has 194 valence electrons. The summed E-state index contributed by atoms with van der Waals surface area (Å²) in [5.41, 5.74) is 2.42. The predicted molar refractivity (Wildman–Crippen MR) is 136 cm³/mol. The number of ether oxygens (including phenoxy) is 2. The molecule has 0 amide bonds. The van der Waals surface area contributed by atoms with Crippen LogP contribution in [0.1, 0.15) is 35.6 Å². The third-order valence-electron chi connectivity index (χ3n) is 5.94. The summed E-state index contributed by atoms with van der Waals surface area (Å²) in [6.07, 6.45) is -3.79. The fourth-order valence-corrected chi connectivity index (χ4v) is 4.85. The number of hydrogen-bond donors (Lipinski definition) is 5. The Morgan fingerprint density at radius 2 is 1.74 bits per heavy atom. The second-order valence-electron chi connectivity index (χ2n) is 9.24. The number of unbranched alkanes of at least 4 members (excludes halogenated alkanes) is 1. The first-order valence-corrected chi connectivity index (χ1v) is 14.7. The standard InChI is InChI=1S/C25H35ClNO7P/c1-35(2,32)27-11-3-4-12-33-19-8-5-16(6-9-19)13-18-14-17(7-10-20(18)26)25-24(31)23(30)22(29)21(15-28)34-25/h5-10,14,21-25,28-31H,3-4,11-13,15H2,1-2H3,(H,27,32). The molecular formula is C25H35ClNO7P. The van der Waals surface area contributed by atoms with Crippen LogP contribution in [0.15, 0.2) is 42.5 Å². The van der Waals surface area contributed by atoms with Crippen molar-refractivity contribution in [2.75, 3.05) is 33.1 Å². The maximum atomic E-state index is 11.6. The van der Waals surface area contributed by atoms with Gasteiger partial charge in [-0.05, 0) is 54.2 Å². The van der Waals surface area contributed by atoms with Crippen LogP contribution in [0.4, 0.5) is 0 Å². The summed E-state index contributed by atoms with van der Waals surface area (Å²) in [4.78, 5) is 0. The van der Waals surface area contributed by atoms with Crippen molar-refractivity contribution in [3.63, 3.8) is 0 Å². The number of aliphatic hydroxyl groups is 4. The van der Waals surface area contributed by atoms with E-state index in [2.05, 4.69) is 5.09 Å². The van der Waals surface area contributed by atoms with Gasteiger partial charge in [-0.2, -0.15) is 0 Å². The monoisotopic (exact) mass is 527 g/mol. The molecule has 0 radical (unpaired) electrons. The highest BCUT2D eigenvalue weighted by atomic mass is 35.5. The largest absolute Gasteiger partial charge is 0.494 e. The Hall–Kier alpha value is -1.48. The van der Waals surface area contributed by atoms with Crippen LogP contribution in [0.2, 0.25) is 5.02 Å². The molecule has 2 aromatic carbocycles. The van der Waals surface area contributed by atoms with Crippen LogP contribution in [0.5, 0.6) is 5.75 Å². The lowest BCUT2D eigenvalue weighted by Crippen LogP contribution is -2.55. The molecule has 35 heavy (non-hydrogen) atoms. The SMILES string of the molecule is CP(C)(=O)NCCCCOc1ccc(Cc2cc(C3OC(CO)C(O)C(O)C3O)ccc2Cl)cc1. The fourth-order valence-electron chi connectivity index (χ4n) is 3.97. The second-order valence-corrected chi connectivity index (χ2v) is 12.7. The van der Waals surface area contributed by atoms with Gasteiger partial charge in [0.25, 0.3) is 0 Å². The van der Waals surface area contributed by atoms with Gasteiger partial charge in [-0.25, -0.2) is 0 Å². The molecule has 8 nitrogen and oxygen atoms in total. The van der Waals surface area contributed by atoms with Crippen LogP contribution in [-0.2, 0) is 15.7 Å². The van der Waals surface area contributed by atoms with Gasteiger partial charge < -0.3 is 34.5 Å². The molecule has 5 atom stereocenters. The number of nitrogens with one attached hydrogen (secondary N) is 1. The molecule has 2 aromatic rings. The topological polar surface area (TPSA) is 128 Å². The van der Waals surface area contributed by atoms with Crippen LogP contribution < -0.4 is 9.82 Å². The summed E-state index contributed by atoms with van der Waals surface area (Å²) in [6, 6.07) is 12.9. The molecule has 5 unspecified atom stereocenters. The number of halogens is 1. The van der Waals surface area contributed by atoms with Gasteiger partial charge in [0.15, 0.2) is 0 Å². The Morgan fingerprint density at radius 3 is 2.40 bits per heavy atom. The van der Waals surface area contributed by atoms with E-state index in [1.54, 1.807) is 31.5 Å². The van der Waals surface area contributed by atoms with Crippen molar-refractivity contribution in [1.29, 1.82) is 0 Å². The van der Waals surface area contributed by atoms with E-state index in [1.807, 2.05) is 24.3 Å². The molecule has 0 saturated carbocycles. The van der Waals surface area contributed by atoms with Crippen LogP contribution in [0.25, 0.3) is 0 Å². The van der Waals surface area contributed by atoms with Crippen molar-refractivity contribution in [3.8, 4) is 5.75 Å². The quantitative estimate of drug-likeness (QED) is 0.223. The molecule has 3 rings (SSSR count). The minimum Gasteiger partial charge on any atom is -0.494 e. The third-order valence-corrected chi connectivity index (χ3v) is 7.29. The molecule has 1 aliphatic rings. The summed E-state index contributed by atoms with van der Waals surface area (Å²) < 4.78 is 23.1. The summed E-state index contributed by atoms with van der Waals surface area (Å²) in [5, 5.41) is 43.6. The zero-order valence-electron chi connectivity index (χ0n) is 20.0. The van der Waals surface area contributed by atoms with E-state index >= 15 is 0 Å². The maximum Gasteiger partial charge on any atom is 0.141 e. The summed E-state index contributed by atoms with van der Waals surface area (Å²) in [7, 11) is -2.19. The van der Waals surface area contributed by atoms with Crippen molar-refractivity contribution >= 4 is 18.9 Å². The summed E-state index contributed by atoms with van der Waals surface area (Å²) in [5.74, 6) is 0.763. The van der Waals surface area contributed by atoms with E-state index < -0.39 is 44.4 Å². The Balaban J connectivity index is 1.58. The van der Waals surface area contributed by atoms with Gasteiger partial charge >= 0.3 is 0 Å².